The number of aliphatic hydroxyl groups is 1. The number of hydrogen-bond donors (Lipinski definition) is 1. The van der Waals surface area contributed by atoms with Crippen LogP contribution in [0.2, 0.25) is 0 Å². The van der Waals surface area contributed by atoms with Crippen LogP contribution < -0.4 is 0 Å². The summed E-state index contributed by atoms with van der Waals surface area (Å²) in [6.45, 7) is 3.02. The first-order valence-electron chi connectivity index (χ1n) is 17.6. The van der Waals surface area contributed by atoms with E-state index in [0.717, 1.165) is 10.5 Å². The molecule has 1 unspecified atom stereocenters. The van der Waals surface area contributed by atoms with Crippen molar-refractivity contribution < 1.29 is 57.4 Å². The Hall–Kier alpha value is -4.60. The number of esters is 3. The van der Waals surface area contributed by atoms with Crippen molar-refractivity contribution in [3.05, 3.63) is 138 Å². The Morgan fingerprint density at radius 3 is 1.81 bits per heavy atom. The van der Waals surface area contributed by atoms with Gasteiger partial charge in [-0.05, 0) is 43.3 Å². The van der Waals surface area contributed by atoms with Gasteiger partial charge in [0.15, 0.2) is 30.9 Å². The normalized spacial score (nSPS) is 30.7. The molecule has 0 amide bonds. The van der Waals surface area contributed by atoms with Crippen LogP contribution in [0.1, 0.15) is 46.4 Å². The molecule has 13 heteroatoms. The third-order valence-electron chi connectivity index (χ3n) is 9.20. The summed E-state index contributed by atoms with van der Waals surface area (Å²) in [5, 5.41) is 12.0. The van der Waals surface area contributed by atoms with Gasteiger partial charge in [-0.15, -0.1) is 0 Å². The van der Waals surface area contributed by atoms with E-state index in [1.807, 2.05) is 60.7 Å². The summed E-state index contributed by atoms with van der Waals surface area (Å²) in [4.78, 5) is 40.3. The molecule has 3 saturated heterocycles. The van der Waals surface area contributed by atoms with Gasteiger partial charge >= 0.3 is 17.9 Å². The van der Waals surface area contributed by atoms with E-state index in [1.165, 1.54) is 18.7 Å². The minimum Gasteiger partial charge on any atom is -0.456 e. The van der Waals surface area contributed by atoms with Crippen molar-refractivity contribution in [2.75, 3.05) is 6.61 Å². The maximum absolute atomic E-state index is 13.4. The van der Waals surface area contributed by atoms with E-state index in [1.54, 1.807) is 67.6 Å². The number of carbonyl (C=O) groups excluding carboxylic acids is 3. The molecule has 0 spiro atoms. The summed E-state index contributed by atoms with van der Waals surface area (Å²) in [6.07, 6.45) is -11.4. The average Bonchev–Trinajstić information content (AvgIpc) is 3.20. The zero-order chi connectivity index (χ0) is 37.6. The maximum atomic E-state index is 13.4. The fourth-order valence-corrected chi connectivity index (χ4v) is 7.74. The molecule has 0 radical (unpaired) electrons. The highest BCUT2D eigenvalue weighted by molar-refractivity contribution is 7.99. The second-order valence-corrected chi connectivity index (χ2v) is 14.2. The molecule has 4 aromatic carbocycles. The first-order chi connectivity index (χ1) is 26.2. The predicted molar refractivity (Wildman–Crippen MR) is 193 cm³/mol. The van der Waals surface area contributed by atoms with E-state index in [9.17, 15) is 19.5 Å². The highest BCUT2D eigenvalue weighted by Crippen LogP contribution is 2.42. The van der Waals surface area contributed by atoms with Crippen molar-refractivity contribution in [3.63, 3.8) is 0 Å². The molecule has 3 heterocycles. The SMILES string of the molecule is CC(=O)O[C@@H]1[C@@H](O[C@@H]2O[C@@H](C)[C@H](OC(=O)c3ccccc3)[C@@H](OC(=O)c3ccccc3)[C@H]2O)[C@@H]2OC(c3ccccc3)OC[C@H]2O[C@H]1Sc1ccccc1. The van der Waals surface area contributed by atoms with Crippen LogP contribution in [0.25, 0.3) is 0 Å². The number of hydrogen-bond acceptors (Lipinski definition) is 13. The number of aliphatic hydroxyl groups excluding tert-OH is 1. The van der Waals surface area contributed by atoms with E-state index < -0.39 is 84.8 Å². The van der Waals surface area contributed by atoms with Crippen LogP contribution in [0.4, 0.5) is 0 Å². The Kier molecular flexibility index (Phi) is 12.0. The Labute approximate surface area is 316 Å². The molecule has 3 aliphatic rings. The topological polar surface area (TPSA) is 145 Å². The zero-order valence-electron chi connectivity index (χ0n) is 29.5. The lowest BCUT2D eigenvalue weighted by Gasteiger charge is -2.50. The number of carbonyl (C=O) groups is 3. The van der Waals surface area contributed by atoms with Crippen molar-refractivity contribution in [2.45, 2.75) is 85.6 Å². The lowest BCUT2D eigenvalue weighted by atomic mass is 9.96. The van der Waals surface area contributed by atoms with Crippen LogP contribution in [-0.2, 0) is 42.7 Å². The van der Waals surface area contributed by atoms with E-state index in [0.29, 0.717) is 0 Å². The highest BCUT2D eigenvalue weighted by Gasteiger charge is 2.56. The smallest absolute Gasteiger partial charge is 0.338 e. The molecule has 4 aromatic rings. The van der Waals surface area contributed by atoms with Crippen molar-refractivity contribution in [1.82, 2.24) is 0 Å². The van der Waals surface area contributed by atoms with Crippen LogP contribution in [0, 0.1) is 0 Å². The summed E-state index contributed by atoms with van der Waals surface area (Å²) in [6, 6.07) is 35.3. The second-order valence-electron chi connectivity index (χ2n) is 13.0. The van der Waals surface area contributed by atoms with Crippen LogP contribution in [0.15, 0.2) is 126 Å². The Morgan fingerprint density at radius 1 is 0.667 bits per heavy atom. The lowest BCUT2D eigenvalue weighted by molar-refractivity contribution is -0.363. The lowest BCUT2D eigenvalue weighted by Crippen LogP contribution is -2.66. The fraction of sp³-hybridized carbons (Fsp3) is 0.341. The fourth-order valence-electron chi connectivity index (χ4n) is 6.61. The van der Waals surface area contributed by atoms with Gasteiger partial charge < -0.3 is 43.0 Å². The summed E-state index contributed by atoms with van der Waals surface area (Å²) < 4.78 is 49.7. The Bertz CT molecular complexity index is 1850. The molecule has 3 aliphatic heterocycles. The number of benzene rings is 4. The Balaban J connectivity index is 1.21. The molecular weight excluding hydrogens is 717 g/mol. The average molecular weight is 757 g/mol. The highest BCUT2D eigenvalue weighted by atomic mass is 32.2. The van der Waals surface area contributed by atoms with Gasteiger partial charge in [0.1, 0.15) is 29.9 Å². The minimum atomic E-state index is -1.69. The number of rotatable bonds is 10. The standard InChI is InChI=1S/C41H40O12S/c1-24-32(50-37(44)26-15-7-3-8-16-26)34(51-38(45)27-17-9-4-10-18-27)31(43)40(47-24)53-35-33-30(23-46-39(52-33)28-19-11-5-12-20-28)49-41(36(35)48-25(2)42)54-29-21-13-6-14-22-29/h3-22,24,30-36,39-41,43H,23H2,1-2H3/t24-,30+,31+,32-,33+,34-,35-,36+,39?,40-,41-/m0/s1. The summed E-state index contributed by atoms with van der Waals surface area (Å²) in [5.41, 5.74) is 0.431. The zero-order valence-corrected chi connectivity index (χ0v) is 30.3. The number of thioether (sulfide) groups is 1. The molecule has 11 atom stereocenters. The molecule has 7 rings (SSSR count). The van der Waals surface area contributed by atoms with Gasteiger partial charge in [0.05, 0.1) is 23.8 Å². The van der Waals surface area contributed by atoms with Gasteiger partial charge in [-0.1, -0.05) is 96.7 Å². The molecular formula is C41H40O12S. The van der Waals surface area contributed by atoms with Gasteiger partial charge in [-0.3, -0.25) is 4.79 Å². The van der Waals surface area contributed by atoms with Crippen LogP contribution in [0.5, 0.6) is 0 Å². The van der Waals surface area contributed by atoms with Crippen molar-refractivity contribution in [2.24, 2.45) is 0 Å². The van der Waals surface area contributed by atoms with Gasteiger partial charge in [-0.2, -0.15) is 0 Å². The third kappa shape index (κ3) is 8.68. The van der Waals surface area contributed by atoms with Crippen molar-refractivity contribution in [3.8, 4) is 0 Å². The number of ether oxygens (including phenoxy) is 8. The Morgan fingerprint density at radius 2 is 1.22 bits per heavy atom. The van der Waals surface area contributed by atoms with Crippen LogP contribution in [-0.4, -0.2) is 90.2 Å². The minimum absolute atomic E-state index is 0.113. The van der Waals surface area contributed by atoms with Crippen LogP contribution >= 0.6 is 11.8 Å². The van der Waals surface area contributed by atoms with Crippen molar-refractivity contribution >= 4 is 29.7 Å². The summed E-state index contributed by atoms with van der Waals surface area (Å²) >= 11 is 1.33. The molecule has 0 saturated carbocycles. The van der Waals surface area contributed by atoms with Crippen molar-refractivity contribution in [1.29, 1.82) is 0 Å². The van der Waals surface area contributed by atoms with Gasteiger partial charge in [0, 0.05) is 17.4 Å². The van der Waals surface area contributed by atoms with Gasteiger partial charge in [0.25, 0.3) is 0 Å². The van der Waals surface area contributed by atoms with E-state index in [4.69, 9.17) is 37.9 Å². The summed E-state index contributed by atoms with van der Waals surface area (Å²) in [5.74, 6) is -2.05. The second kappa shape index (κ2) is 17.2. The molecule has 0 aliphatic carbocycles. The molecule has 54 heavy (non-hydrogen) atoms. The predicted octanol–water partition coefficient (Wildman–Crippen LogP) is 5.49. The van der Waals surface area contributed by atoms with Crippen LogP contribution in [0.3, 0.4) is 0 Å². The van der Waals surface area contributed by atoms with E-state index in [-0.39, 0.29) is 17.7 Å². The molecule has 0 bridgehead atoms. The van der Waals surface area contributed by atoms with Gasteiger partial charge in [0.2, 0.25) is 0 Å². The summed E-state index contributed by atoms with van der Waals surface area (Å²) in [7, 11) is 0. The maximum Gasteiger partial charge on any atom is 0.338 e. The number of fused-ring (bicyclic) bond motifs is 1. The van der Waals surface area contributed by atoms with Gasteiger partial charge in [-0.25, -0.2) is 9.59 Å². The van der Waals surface area contributed by atoms with E-state index >= 15 is 0 Å². The monoisotopic (exact) mass is 756 g/mol. The van der Waals surface area contributed by atoms with E-state index in [2.05, 4.69) is 0 Å². The molecule has 1 N–H and O–H groups in total. The molecule has 12 nitrogen and oxygen atoms in total. The molecule has 3 fully saturated rings. The first-order valence-corrected chi connectivity index (χ1v) is 18.5. The largest absolute Gasteiger partial charge is 0.456 e. The third-order valence-corrected chi connectivity index (χ3v) is 10.4. The first kappa shape index (κ1) is 37.7. The molecule has 282 valence electrons. The molecule has 0 aromatic heterocycles. The quantitative estimate of drug-likeness (QED) is 0.161.